The van der Waals surface area contributed by atoms with Crippen LogP contribution in [0.1, 0.15) is 10.4 Å². The van der Waals surface area contributed by atoms with Crippen molar-refractivity contribution >= 4 is 17.0 Å². The monoisotopic (exact) mass is 267 g/mol. The van der Waals surface area contributed by atoms with Crippen molar-refractivity contribution in [3.63, 3.8) is 0 Å². The Hall–Kier alpha value is -3.02. The van der Waals surface area contributed by atoms with Crippen LogP contribution in [0, 0.1) is 0 Å². The van der Waals surface area contributed by atoms with E-state index in [0.717, 1.165) is 5.52 Å². The molecule has 0 aliphatic heterocycles. The molecule has 20 heavy (non-hydrogen) atoms. The second-order valence-electron chi connectivity index (χ2n) is 3.98. The van der Waals surface area contributed by atoms with Crippen LogP contribution in [-0.4, -0.2) is 26.0 Å². The Morgan fingerprint density at radius 2 is 1.90 bits per heavy atom. The number of hydrogen-bond donors (Lipinski definition) is 1. The number of hydrogen-bond acceptors (Lipinski definition) is 5. The normalized spacial score (nSPS) is 10.4. The molecule has 0 amide bonds. The van der Waals surface area contributed by atoms with Gasteiger partial charge in [0.25, 0.3) is 0 Å². The molecular formula is C14H9N3O3. The van der Waals surface area contributed by atoms with Gasteiger partial charge >= 0.3 is 5.97 Å². The summed E-state index contributed by atoms with van der Waals surface area (Å²) in [5.74, 6) is -0.736. The highest BCUT2D eigenvalue weighted by Crippen LogP contribution is 2.23. The first-order valence-corrected chi connectivity index (χ1v) is 5.81. The summed E-state index contributed by atoms with van der Waals surface area (Å²) in [7, 11) is 0. The average molecular weight is 267 g/mol. The van der Waals surface area contributed by atoms with Crippen LogP contribution in [0.3, 0.4) is 0 Å². The van der Waals surface area contributed by atoms with Crippen LogP contribution in [0.5, 0.6) is 11.6 Å². The Balaban J connectivity index is 1.99. The van der Waals surface area contributed by atoms with E-state index in [0.29, 0.717) is 5.52 Å². The first-order valence-electron chi connectivity index (χ1n) is 5.81. The Morgan fingerprint density at radius 3 is 2.70 bits per heavy atom. The molecule has 0 spiro atoms. The molecule has 0 aliphatic rings. The Labute approximate surface area is 113 Å². The molecule has 98 valence electrons. The lowest BCUT2D eigenvalue weighted by Gasteiger charge is -2.07. The molecule has 2 heterocycles. The number of para-hydroxylation sites is 2. The van der Waals surface area contributed by atoms with Gasteiger partial charge in [0, 0.05) is 6.20 Å². The van der Waals surface area contributed by atoms with Gasteiger partial charge in [-0.25, -0.2) is 14.8 Å². The summed E-state index contributed by atoms with van der Waals surface area (Å²) in [6, 6.07) is 8.70. The third-order valence-corrected chi connectivity index (χ3v) is 2.66. The van der Waals surface area contributed by atoms with Crippen molar-refractivity contribution < 1.29 is 14.6 Å². The maximum Gasteiger partial charge on any atom is 0.339 e. The van der Waals surface area contributed by atoms with Gasteiger partial charge in [-0.3, -0.25) is 4.98 Å². The molecule has 3 aromatic rings. The van der Waals surface area contributed by atoms with Crippen LogP contribution in [0.4, 0.5) is 0 Å². The molecule has 1 aromatic carbocycles. The van der Waals surface area contributed by atoms with E-state index in [1.54, 1.807) is 6.07 Å². The molecule has 6 nitrogen and oxygen atoms in total. The van der Waals surface area contributed by atoms with Gasteiger partial charge in [0.2, 0.25) is 5.88 Å². The second-order valence-corrected chi connectivity index (χ2v) is 3.98. The minimum absolute atomic E-state index is 0.0231. The third kappa shape index (κ3) is 2.26. The quantitative estimate of drug-likeness (QED) is 0.784. The van der Waals surface area contributed by atoms with E-state index in [9.17, 15) is 4.79 Å². The van der Waals surface area contributed by atoms with Crippen molar-refractivity contribution in [1.82, 2.24) is 15.0 Å². The number of pyridine rings is 1. The number of rotatable bonds is 3. The van der Waals surface area contributed by atoms with Gasteiger partial charge in [0.05, 0.1) is 23.4 Å². The van der Waals surface area contributed by atoms with Crippen molar-refractivity contribution in [2.24, 2.45) is 0 Å². The van der Waals surface area contributed by atoms with Gasteiger partial charge in [0.1, 0.15) is 5.56 Å². The number of carboxylic acids is 1. The summed E-state index contributed by atoms with van der Waals surface area (Å²) < 4.78 is 5.46. The first kappa shape index (κ1) is 12.0. The molecule has 2 aromatic heterocycles. The number of carbonyl (C=O) groups is 1. The lowest BCUT2D eigenvalue weighted by molar-refractivity contribution is 0.0694. The largest absolute Gasteiger partial charge is 0.478 e. The van der Waals surface area contributed by atoms with Crippen LogP contribution >= 0.6 is 0 Å². The Bertz CT molecular complexity index is 789. The molecule has 0 aliphatic carbocycles. The van der Waals surface area contributed by atoms with Gasteiger partial charge in [0.15, 0.2) is 5.75 Å². The number of benzene rings is 1. The van der Waals surface area contributed by atoms with E-state index in [4.69, 9.17) is 9.84 Å². The average Bonchev–Trinajstić information content (AvgIpc) is 2.47. The van der Waals surface area contributed by atoms with E-state index >= 15 is 0 Å². The van der Waals surface area contributed by atoms with Crippen molar-refractivity contribution in [3.05, 3.63) is 54.5 Å². The topological polar surface area (TPSA) is 85.2 Å². The highest BCUT2D eigenvalue weighted by Gasteiger charge is 2.12. The maximum atomic E-state index is 11.1. The molecule has 6 heteroatoms. The smallest absolute Gasteiger partial charge is 0.339 e. The zero-order valence-electron chi connectivity index (χ0n) is 10.2. The molecule has 0 fully saturated rings. The molecule has 0 saturated carbocycles. The number of nitrogens with zero attached hydrogens (tertiary/aromatic N) is 3. The van der Waals surface area contributed by atoms with Gasteiger partial charge in [-0.05, 0) is 18.2 Å². The van der Waals surface area contributed by atoms with E-state index < -0.39 is 5.97 Å². The van der Waals surface area contributed by atoms with Crippen LogP contribution in [0.25, 0.3) is 11.0 Å². The van der Waals surface area contributed by atoms with E-state index in [-0.39, 0.29) is 17.2 Å². The summed E-state index contributed by atoms with van der Waals surface area (Å²) in [5, 5.41) is 9.07. The van der Waals surface area contributed by atoms with Gasteiger partial charge in [-0.2, -0.15) is 0 Å². The van der Waals surface area contributed by atoms with Crippen molar-refractivity contribution in [1.29, 1.82) is 0 Å². The summed E-state index contributed by atoms with van der Waals surface area (Å²) in [6.07, 6.45) is 4.17. The van der Waals surface area contributed by atoms with Crippen molar-refractivity contribution in [3.8, 4) is 11.6 Å². The number of carboxylic acid groups (broad SMARTS) is 1. The lowest BCUT2D eigenvalue weighted by Crippen LogP contribution is -2.01. The minimum Gasteiger partial charge on any atom is -0.478 e. The molecule has 3 rings (SSSR count). The summed E-state index contributed by atoms with van der Waals surface area (Å²) in [6.45, 7) is 0. The number of aromatic nitrogens is 3. The van der Waals surface area contributed by atoms with Crippen LogP contribution in [0.2, 0.25) is 0 Å². The number of ether oxygens (including phenoxy) is 1. The molecule has 0 saturated heterocycles. The van der Waals surface area contributed by atoms with E-state index in [1.165, 1.54) is 24.7 Å². The zero-order chi connectivity index (χ0) is 13.9. The fourth-order valence-corrected chi connectivity index (χ4v) is 1.74. The fraction of sp³-hybridized carbons (Fsp3) is 0. The van der Waals surface area contributed by atoms with Crippen LogP contribution in [-0.2, 0) is 0 Å². The standard InChI is InChI=1S/C14H9N3O3/c18-14(19)9-5-6-15-7-12(9)20-13-8-16-10-3-1-2-4-11(10)17-13/h1-8H,(H,18,19). The fourth-order valence-electron chi connectivity index (χ4n) is 1.74. The summed E-state index contributed by atoms with van der Waals surface area (Å²) in [5.41, 5.74) is 1.44. The SMILES string of the molecule is O=C(O)c1ccncc1Oc1cnc2ccccc2n1. The van der Waals surface area contributed by atoms with Crippen LogP contribution in [0.15, 0.2) is 48.9 Å². The van der Waals surface area contributed by atoms with Crippen molar-refractivity contribution in [2.75, 3.05) is 0 Å². The summed E-state index contributed by atoms with van der Waals surface area (Å²) in [4.78, 5) is 23.4. The molecule has 0 unspecified atom stereocenters. The Kier molecular flexibility index (Phi) is 2.96. The maximum absolute atomic E-state index is 11.1. The predicted molar refractivity (Wildman–Crippen MR) is 70.8 cm³/mol. The molecule has 0 radical (unpaired) electrons. The highest BCUT2D eigenvalue weighted by molar-refractivity contribution is 5.90. The van der Waals surface area contributed by atoms with Crippen molar-refractivity contribution in [2.45, 2.75) is 0 Å². The second kappa shape index (κ2) is 4.93. The Morgan fingerprint density at radius 1 is 1.10 bits per heavy atom. The molecular weight excluding hydrogens is 258 g/mol. The third-order valence-electron chi connectivity index (χ3n) is 2.66. The molecule has 0 atom stereocenters. The number of aromatic carboxylic acids is 1. The summed E-state index contributed by atoms with van der Waals surface area (Å²) >= 11 is 0. The molecule has 0 bridgehead atoms. The highest BCUT2D eigenvalue weighted by atomic mass is 16.5. The van der Waals surface area contributed by atoms with Gasteiger partial charge in [-0.1, -0.05) is 12.1 Å². The van der Waals surface area contributed by atoms with E-state index in [2.05, 4.69) is 15.0 Å². The van der Waals surface area contributed by atoms with Crippen LogP contribution < -0.4 is 4.74 Å². The van der Waals surface area contributed by atoms with Gasteiger partial charge < -0.3 is 9.84 Å². The predicted octanol–water partition coefficient (Wildman–Crippen LogP) is 2.52. The first-order chi connectivity index (χ1) is 9.74. The zero-order valence-corrected chi connectivity index (χ0v) is 10.2. The lowest BCUT2D eigenvalue weighted by atomic mass is 10.2. The van der Waals surface area contributed by atoms with Gasteiger partial charge in [-0.15, -0.1) is 0 Å². The minimum atomic E-state index is -1.09. The van der Waals surface area contributed by atoms with E-state index in [1.807, 2.05) is 18.2 Å². The number of fused-ring (bicyclic) bond motifs is 1. The molecule has 1 N–H and O–H groups in total.